The summed E-state index contributed by atoms with van der Waals surface area (Å²) in [6.45, 7) is 3.62. The van der Waals surface area contributed by atoms with Crippen molar-refractivity contribution in [3.05, 3.63) is 0 Å². The zero-order valence-corrected chi connectivity index (χ0v) is 15.9. The normalized spacial score (nSPS) is 12.1. The van der Waals surface area contributed by atoms with E-state index in [0.29, 0.717) is 6.42 Å². The van der Waals surface area contributed by atoms with E-state index < -0.39 is 11.9 Å². The van der Waals surface area contributed by atoms with Gasteiger partial charge >= 0.3 is 5.97 Å². The quantitative estimate of drug-likeness (QED) is 0.151. The van der Waals surface area contributed by atoms with Gasteiger partial charge in [0, 0.05) is 0 Å². The average Bonchev–Trinajstić information content (AvgIpc) is 2.57. The minimum atomic E-state index is -0.822. The van der Waals surface area contributed by atoms with Crippen LogP contribution in [0.15, 0.2) is 0 Å². The highest BCUT2D eigenvalue weighted by Crippen LogP contribution is 2.16. The highest BCUT2D eigenvalue weighted by atomic mass is 17.1. The first-order valence-electron chi connectivity index (χ1n) is 9.99. The van der Waals surface area contributed by atoms with Gasteiger partial charge in [0.25, 0.3) is 0 Å². The molecule has 1 atom stereocenters. The molecule has 0 aromatic heterocycles. The van der Waals surface area contributed by atoms with Gasteiger partial charge in [-0.25, -0.2) is 4.79 Å². The maximum atomic E-state index is 11.3. The van der Waals surface area contributed by atoms with Gasteiger partial charge in [0.1, 0.15) is 11.7 Å². The molecule has 0 spiro atoms. The SMILES string of the molecule is CCCCCCCCCCCCCCCCC(C(C)=O)C(=O)OO. The molecule has 0 saturated carbocycles. The van der Waals surface area contributed by atoms with Gasteiger partial charge in [-0.2, -0.15) is 5.26 Å². The van der Waals surface area contributed by atoms with Gasteiger partial charge in [0.2, 0.25) is 0 Å². The smallest absolute Gasteiger partial charge is 0.300 e. The fraction of sp³-hybridized carbons (Fsp3) is 0.900. The molecule has 1 N–H and O–H groups in total. The lowest BCUT2D eigenvalue weighted by Crippen LogP contribution is -2.23. The number of rotatable bonds is 17. The molecule has 0 aromatic rings. The van der Waals surface area contributed by atoms with Gasteiger partial charge in [0.15, 0.2) is 0 Å². The van der Waals surface area contributed by atoms with Gasteiger partial charge in [0.05, 0.1) is 0 Å². The summed E-state index contributed by atoms with van der Waals surface area (Å²) >= 11 is 0. The van der Waals surface area contributed by atoms with E-state index in [-0.39, 0.29) is 5.78 Å². The lowest BCUT2D eigenvalue weighted by molar-refractivity contribution is -0.238. The largest absolute Gasteiger partial charge is 0.352 e. The van der Waals surface area contributed by atoms with Gasteiger partial charge in [-0.3, -0.25) is 4.79 Å². The molecule has 0 radical (unpaired) electrons. The molecule has 1 unspecified atom stereocenters. The van der Waals surface area contributed by atoms with Crippen molar-refractivity contribution < 1.29 is 19.7 Å². The molecule has 0 aliphatic heterocycles. The Morgan fingerprint density at radius 3 is 1.46 bits per heavy atom. The fourth-order valence-corrected chi connectivity index (χ4v) is 3.09. The van der Waals surface area contributed by atoms with Crippen LogP contribution in [0.2, 0.25) is 0 Å². The van der Waals surface area contributed by atoms with Crippen LogP contribution in [0.4, 0.5) is 0 Å². The number of hydrogen-bond acceptors (Lipinski definition) is 4. The molecule has 24 heavy (non-hydrogen) atoms. The molecule has 142 valence electrons. The van der Waals surface area contributed by atoms with Crippen molar-refractivity contribution in [1.82, 2.24) is 0 Å². The Labute approximate surface area is 148 Å². The summed E-state index contributed by atoms with van der Waals surface area (Å²) in [6.07, 6.45) is 18.3. The van der Waals surface area contributed by atoms with E-state index >= 15 is 0 Å². The first-order valence-corrected chi connectivity index (χ1v) is 9.99. The minimum absolute atomic E-state index is 0.233. The molecule has 0 heterocycles. The topological polar surface area (TPSA) is 63.6 Å². The van der Waals surface area contributed by atoms with Crippen LogP contribution in [0.25, 0.3) is 0 Å². The molecule has 0 aliphatic rings. The number of carbonyl (C=O) groups excluding carboxylic acids is 2. The third-order valence-electron chi connectivity index (χ3n) is 4.71. The fourth-order valence-electron chi connectivity index (χ4n) is 3.09. The first-order chi connectivity index (χ1) is 11.6. The zero-order valence-electron chi connectivity index (χ0n) is 15.9. The molecule has 0 bridgehead atoms. The van der Waals surface area contributed by atoms with Crippen LogP contribution in [0, 0.1) is 5.92 Å². The van der Waals surface area contributed by atoms with E-state index in [1.54, 1.807) is 0 Å². The molecule has 4 nitrogen and oxygen atoms in total. The van der Waals surface area contributed by atoms with Gasteiger partial charge in [-0.05, 0) is 13.3 Å². The number of Topliss-reactive ketones (excluding diaryl/α,β-unsaturated/α-hetero) is 1. The number of hydrogen-bond donors (Lipinski definition) is 1. The lowest BCUT2D eigenvalue weighted by atomic mass is 9.97. The van der Waals surface area contributed by atoms with E-state index in [9.17, 15) is 9.59 Å². The second kappa shape index (κ2) is 16.9. The Morgan fingerprint density at radius 2 is 1.12 bits per heavy atom. The highest BCUT2D eigenvalue weighted by Gasteiger charge is 2.24. The number of carbonyl (C=O) groups is 2. The molecule has 0 aliphatic carbocycles. The van der Waals surface area contributed by atoms with Gasteiger partial charge in [-0.1, -0.05) is 96.8 Å². The van der Waals surface area contributed by atoms with Crippen molar-refractivity contribution in [2.24, 2.45) is 5.92 Å². The maximum absolute atomic E-state index is 11.3. The van der Waals surface area contributed by atoms with Crippen LogP contribution in [-0.4, -0.2) is 17.0 Å². The Kier molecular flexibility index (Phi) is 16.3. The van der Waals surface area contributed by atoms with Crippen LogP contribution in [0.5, 0.6) is 0 Å². The van der Waals surface area contributed by atoms with Crippen molar-refractivity contribution >= 4 is 11.8 Å². The Bertz CT molecular complexity index is 315. The standard InChI is InChI=1S/C20H38O4/c1-3-4-5-6-7-8-9-10-11-12-13-14-15-16-17-19(18(2)21)20(22)24-23/h19,23H,3-17H2,1-2H3. The van der Waals surface area contributed by atoms with Crippen molar-refractivity contribution in [3.8, 4) is 0 Å². The van der Waals surface area contributed by atoms with Crippen LogP contribution in [-0.2, 0) is 14.5 Å². The van der Waals surface area contributed by atoms with Crippen molar-refractivity contribution in [3.63, 3.8) is 0 Å². The molecular formula is C20H38O4. The third kappa shape index (κ3) is 13.5. The molecule has 0 aromatic carbocycles. The van der Waals surface area contributed by atoms with E-state index in [1.165, 1.54) is 77.6 Å². The second-order valence-electron chi connectivity index (χ2n) is 6.96. The average molecular weight is 343 g/mol. The minimum Gasteiger partial charge on any atom is -0.300 e. The molecule has 0 rings (SSSR count). The van der Waals surface area contributed by atoms with E-state index in [1.807, 2.05) is 0 Å². The van der Waals surface area contributed by atoms with Crippen molar-refractivity contribution in [2.45, 2.75) is 110 Å². The molecule has 0 saturated heterocycles. The summed E-state index contributed by atoms with van der Waals surface area (Å²) < 4.78 is 0. The molecule has 0 fully saturated rings. The van der Waals surface area contributed by atoms with E-state index in [0.717, 1.165) is 19.3 Å². The summed E-state index contributed by atoms with van der Waals surface area (Å²) in [6, 6.07) is 0. The zero-order chi connectivity index (χ0) is 18.0. The molecule has 0 amide bonds. The Morgan fingerprint density at radius 1 is 0.750 bits per heavy atom. The van der Waals surface area contributed by atoms with E-state index in [2.05, 4.69) is 11.8 Å². The Balaban J connectivity index is 3.33. The summed E-state index contributed by atoms with van der Waals surface area (Å²) in [4.78, 5) is 26.2. The Hall–Kier alpha value is -0.900. The third-order valence-corrected chi connectivity index (χ3v) is 4.71. The first kappa shape index (κ1) is 23.1. The molecular weight excluding hydrogens is 304 g/mol. The van der Waals surface area contributed by atoms with Crippen LogP contribution in [0.1, 0.15) is 110 Å². The van der Waals surface area contributed by atoms with Crippen molar-refractivity contribution in [2.75, 3.05) is 0 Å². The van der Waals surface area contributed by atoms with Crippen LogP contribution >= 0.6 is 0 Å². The van der Waals surface area contributed by atoms with Gasteiger partial charge in [-0.15, -0.1) is 0 Å². The monoisotopic (exact) mass is 342 g/mol. The maximum Gasteiger partial charge on any atom is 0.352 e. The van der Waals surface area contributed by atoms with Crippen LogP contribution in [0.3, 0.4) is 0 Å². The van der Waals surface area contributed by atoms with Crippen molar-refractivity contribution in [1.29, 1.82) is 0 Å². The number of unbranched alkanes of at least 4 members (excludes halogenated alkanes) is 13. The van der Waals surface area contributed by atoms with E-state index in [4.69, 9.17) is 5.26 Å². The molecule has 4 heteroatoms. The summed E-state index contributed by atoms with van der Waals surface area (Å²) in [7, 11) is 0. The number of ketones is 1. The predicted molar refractivity (Wildman–Crippen MR) is 97.8 cm³/mol. The highest BCUT2D eigenvalue weighted by molar-refractivity contribution is 5.97. The second-order valence-corrected chi connectivity index (χ2v) is 6.96. The summed E-state index contributed by atoms with van der Waals surface area (Å²) in [5, 5.41) is 8.37. The van der Waals surface area contributed by atoms with Crippen LogP contribution < -0.4 is 0 Å². The summed E-state index contributed by atoms with van der Waals surface area (Å²) in [5.41, 5.74) is 0. The van der Waals surface area contributed by atoms with Gasteiger partial charge < -0.3 is 4.89 Å². The summed E-state index contributed by atoms with van der Waals surface area (Å²) in [5.74, 6) is -1.85. The predicted octanol–water partition coefficient (Wildman–Crippen LogP) is 6.08. The lowest BCUT2D eigenvalue weighted by Gasteiger charge is -2.09.